The van der Waals surface area contributed by atoms with Crippen LogP contribution in [0.4, 0.5) is 5.13 Å². The number of thiazole rings is 1. The molecule has 0 aliphatic carbocycles. The molecule has 6 nitrogen and oxygen atoms in total. The lowest BCUT2D eigenvalue weighted by atomic mass is 10.1. The van der Waals surface area contributed by atoms with Gasteiger partial charge in [-0.2, -0.15) is 0 Å². The van der Waals surface area contributed by atoms with E-state index in [1.807, 2.05) is 26.0 Å². The number of anilines is 1. The number of carbonyl (C=O) groups is 2. The summed E-state index contributed by atoms with van der Waals surface area (Å²) in [6, 6.07) is 9.21. The van der Waals surface area contributed by atoms with Gasteiger partial charge in [0.2, 0.25) is 5.91 Å². The van der Waals surface area contributed by atoms with E-state index in [4.69, 9.17) is 16.0 Å². The van der Waals surface area contributed by atoms with Gasteiger partial charge >= 0.3 is 0 Å². The highest BCUT2D eigenvalue weighted by molar-refractivity contribution is 7.18. The highest BCUT2D eigenvalue weighted by Gasteiger charge is 2.20. The number of hydrogen-bond donors (Lipinski definition) is 2. The monoisotopic (exact) mass is 459 g/mol. The van der Waals surface area contributed by atoms with Gasteiger partial charge in [0.05, 0.1) is 17.1 Å². The number of aryl methyl sites for hydroxylation is 2. The molecular weight excluding hydrogens is 442 g/mol. The van der Waals surface area contributed by atoms with Crippen molar-refractivity contribution in [3.05, 3.63) is 56.4 Å². The lowest BCUT2D eigenvalue weighted by Crippen LogP contribution is -2.17. The van der Waals surface area contributed by atoms with Crippen molar-refractivity contribution in [2.45, 2.75) is 27.3 Å². The van der Waals surface area contributed by atoms with Crippen LogP contribution in [0.1, 0.15) is 32.8 Å². The maximum atomic E-state index is 12.8. The minimum absolute atomic E-state index is 0.0667. The van der Waals surface area contributed by atoms with Crippen molar-refractivity contribution >= 4 is 62.2 Å². The molecular formula is C21H18ClN3O3S2. The summed E-state index contributed by atoms with van der Waals surface area (Å²) in [5.74, 6) is -0.170. The van der Waals surface area contributed by atoms with Gasteiger partial charge in [0.15, 0.2) is 10.9 Å². The average molecular weight is 460 g/mol. The number of nitrogens with zero attached hydrogens (tertiary/aromatic N) is 1. The standard InChI is InChI=1S/C21H18ClN3O3S2/c1-10-15-8-13(22)4-6-16(15)28-19(10)20(27)25-21-24-18(11(2)29-21)17-7-5-14(30-17)9-23-12(3)26/h4-8H,9H2,1-3H3,(H,23,26)(H,24,25,27). The lowest BCUT2D eigenvalue weighted by molar-refractivity contribution is -0.119. The van der Waals surface area contributed by atoms with Gasteiger partial charge in [-0.05, 0) is 44.2 Å². The van der Waals surface area contributed by atoms with E-state index in [-0.39, 0.29) is 17.6 Å². The first-order chi connectivity index (χ1) is 14.3. The fourth-order valence-corrected chi connectivity index (χ4v) is 5.11. The smallest absolute Gasteiger partial charge is 0.293 e. The van der Waals surface area contributed by atoms with Crippen LogP contribution in [0.25, 0.3) is 21.5 Å². The third-order valence-corrected chi connectivity index (χ3v) is 6.74. The molecule has 0 spiro atoms. The van der Waals surface area contributed by atoms with E-state index in [1.54, 1.807) is 29.5 Å². The number of fused-ring (bicyclic) bond motifs is 1. The second kappa shape index (κ2) is 8.22. The summed E-state index contributed by atoms with van der Waals surface area (Å²) in [6.07, 6.45) is 0. The number of aromatic nitrogens is 1. The van der Waals surface area contributed by atoms with Crippen LogP contribution < -0.4 is 10.6 Å². The molecule has 0 unspecified atom stereocenters. The summed E-state index contributed by atoms with van der Waals surface area (Å²) < 4.78 is 5.73. The van der Waals surface area contributed by atoms with Crippen LogP contribution in [0.5, 0.6) is 0 Å². The molecule has 4 rings (SSSR count). The second-order valence-electron chi connectivity index (χ2n) is 6.75. The number of amides is 2. The number of halogens is 1. The van der Waals surface area contributed by atoms with Crippen molar-refractivity contribution in [1.29, 1.82) is 0 Å². The molecule has 1 aromatic carbocycles. The Morgan fingerprint density at radius 1 is 1.17 bits per heavy atom. The summed E-state index contributed by atoms with van der Waals surface area (Å²) in [4.78, 5) is 31.5. The third-order valence-electron chi connectivity index (χ3n) is 4.53. The van der Waals surface area contributed by atoms with Gasteiger partial charge in [0.25, 0.3) is 5.91 Å². The Kier molecular flexibility index (Phi) is 5.64. The minimum Gasteiger partial charge on any atom is -0.451 e. The van der Waals surface area contributed by atoms with Crippen molar-refractivity contribution in [3.63, 3.8) is 0 Å². The Morgan fingerprint density at radius 3 is 2.73 bits per heavy atom. The van der Waals surface area contributed by atoms with Crippen LogP contribution in [0.2, 0.25) is 5.02 Å². The molecule has 3 heterocycles. The van der Waals surface area contributed by atoms with Crippen molar-refractivity contribution in [1.82, 2.24) is 10.3 Å². The van der Waals surface area contributed by atoms with Gasteiger partial charge in [-0.3, -0.25) is 14.9 Å². The van der Waals surface area contributed by atoms with E-state index >= 15 is 0 Å². The largest absolute Gasteiger partial charge is 0.451 e. The topological polar surface area (TPSA) is 84.2 Å². The summed E-state index contributed by atoms with van der Waals surface area (Å²) >= 11 is 9.02. The molecule has 9 heteroatoms. The zero-order chi connectivity index (χ0) is 21.4. The molecule has 30 heavy (non-hydrogen) atoms. The maximum Gasteiger partial charge on any atom is 0.293 e. The van der Waals surface area contributed by atoms with Crippen LogP contribution in [0.3, 0.4) is 0 Å². The predicted molar refractivity (Wildman–Crippen MR) is 122 cm³/mol. The molecule has 2 amide bonds. The molecule has 0 bridgehead atoms. The highest BCUT2D eigenvalue weighted by atomic mass is 35.5. The number of rotatable bonds is 5. The first kappa shape index (κ1) is 20.6. The highest BCUT2D eigenvalue weighted by Crippen LogP contribution is 2.35. The van der Waals surface area contributed by atoms with E-state index in [2.05, 4.69) is 15.6 Å². The maximum absolute atomic E-state index is 12.8. The normalized spacial score (nSPS) is 11.1. The molecule has 0 saturated carbocycles. The van der Waals surface area contributed by atoms with Crippen LogP contribution in [0, 0.1) is 13.8 Å². The lowest BCUT2D eigenvalue weighted by Gasteiger charge is -1.99. The number of carbonyl (C=O) groups excluding carboxylic acids is 2. The first-order valence-corrected chi connectivity index (χ1v) is 11.1. The number of thiophene rings is 1. The SMILES string of the molecule is CC(=O)NCc1ccc(-c2nc(NC(=O)c3oc4ccc(Cl)cc4c3C)sc2C)s1. The molecule has 3 aromatic heterocycles. The van der Waals surface area contributed by atoms with Gasteiger partial charge < -0.3 is 9.73 Å². The Morgan fingerprint density at radius 2 is 1.97 bits per heavy atom. The van der Waals surface area contributed by atoms with Gasteiger partial charge in [0, 0.05) is 32.7 Å². The Bertz CT molecular complexity index is 1270. The minimum atomic E-state index is -0.349. The first-order valence-electron chi connectivity index (χ1n) is 9.13. The van der Waals surface area contributed by atoms with Gasteiger partial charge in [-0.25, -0.2) is 4.98 Å². The third kappa shape index (κ3) is 4.12. The Balaban J connectivity index is 1.55. The fourth-order valence-electron chi connectivity index (χ4n) is 3.05. The van der Waals surface area contributed by atoms with Crippen molar-refractivity contribution in [2.24, 2.45) is 0 Å². The number of furan rings is 1. The number of benzene rings is 1. The molecule has 0 atom stereocenters. The van der Waals surface area contributed by atoms with Crippen LogP contribution in [-0.2, 0) is 11.3 Å². The van der Waals surface area contributed by atoms with E-state index in [0.29, 0.717) is 22.3 Å². The number of hydrogen-bond acceptors (Lipinski definition) is 6. The fraction of sp³-hybridized carbons (Fsp3) is 0.190. The average Bonchev–Trinajstić information content (AvgIpc) is 3.38. The van der Waals surface area contributed by atoms with Crippen LogP contribution >= 0.6 is 34.3 Å². The van der Waals surface area contributed by atoms with E-state index in [0.717, 1.165) is 31.3 Å². The Hall–Kier alpha value is -2.68. The van der Waals surface area contributed by atoms with Crippen molar-refractivity contribution in [3.8, 4) is 10.6 Å². The quantitative estimate of drug-likeness (QED) is 0.396. The van der Waals surface area contributed by atoms with Gasteiger partial charge in [-0.1, -0.05) is 11.6 Å². The van der Waals surface area contributed by atoms with E-state index in [1.165, 1.54) is 18.3 Å². The Labute approximate surface area is 185 Å². The molecule has 0 aliphatic rings. The van der Waals surface area contributed by atoms with Gasteiger partial charge in [-0.15, -0.1) is 22.7 Å². The zero-order valence-electron chi connectivity index (χ0n) is 16.5. The molecule has 154 valence electrons. The van der Waals surface area contributed by atoms with E-state index < -0.39 is 0 Å². The molecule has 0 saturated heterocycles. The summed E-state index contributed by atoms with van der Waals surface area (Å²) in [5.41, 5.74) is 2.17. The molecule has 0 aliphatic heterocycles. The molecule has 2 N–H and O–H groups in total. The van der Waals surface area contributed by atoms with E-state index in [9.17, 15) is 9.59 Å². The summed E-state index contributed by atoms with van der Waals surface area (Å²) in [5, 5.41) is 7.54. The van der Waals surface area contributed by atoms with Crippen LogP contribution in [0.15, 0.2) is 34.7 Å². The summed E-state index contributed by atoms with van der Waals surface area (Å²) in [7, 11) is 0. The van der Waals surface area contributed by atoms with Gasteiger partial charge in [0.1, 0.15) is 5.58 Å². The van der Waals surface area contributed by atoms with Crippen LogP contribution in [-0.4, -0.2) is 16.8 Å². The molecule has 0 fully saturated rings. The molecule has 4 aromatic rings. The van der Waals surface area contributed by atoms with Crippen molar-refractivity contribution in [2.75, 3.05) is 5.32 Å². The second-order valence-corrected chi connectivity index (χ2v) is 9.56. The summed E-state index contributed by atoms with van der Waals surface area (Å²) in [6.45, 7) is 5.77. The zero-order valence-corrected chi connectivity index (χ0v) is 18.8. The van der Waals surface area contributed by atoms with Crippen molar-refractivity contribution < 1.29 is 14.0 Å². The molecule has 0 radical (unpaired) electrons. The predicted octanol–water partition coefficient (Wildman–Crippen LogP) is 5.78. The number of nitrogens with one attached hydrogen (secondary N) is 2.